The first kappa shape index (κ1) is 33.8. The molecule has 2 atom stereocenters. The van der Waals surface area contributed by atoms with Gasteiger partial charge in [0.2, 0.25) is 10.0 Å². The molecule has 47 heavy (non-hydrogen) atoms. The van der Waals surface area contributed by atoms with Crippen LogP contribution in [-0.4, -0.2) is 71.1 Å². The molecule has 4 heterocycles. The van der Waals surface area contributed by atoms with Gasteiger partial charge in [-0.3, -0.25) is 5.16 Å². The first-order valence-corrected chi connectivity index (χ1v) is 16.7. The molecule has 16 heteroatoms. The van der Waals surface area contributed by atoms with Gasteiger partial charge in [-0.2, -0.15) is 5.10 Å². The molecule has 2 aliphatic heterocycles. The molecule has 1 saturated carbocycles. The zero-order valence-corrected chi connectivity index (χ0v) is 29.7. The summed E-state index contributed by atoms with van der Waals surface area (Å²) in [5.41, 5.74) is 2.69. The number of hydrogen-bond donors (Lipinski definition) is 1. The number of ether oxygens (including phenoxy) is 6. The van der Waals surface area contributed by atoms with Crippen LogP contribution in [0.2, 0.25) is 0 Å². The molecule has 0 bridgehead atoms. The van der Waals surface area contributed by atoms with Gasteiger partial charge >= 0.3 is 29.6 Å². The minimum Gasteiger partial charge on any atom is -0.495 e. The van der Waals surface area contributed by atoms with Crippen molar-refractivity contribution in [2.24, 2.45) is 0 Å². The molecule has 4 aromatic rings. The third kappa shape index (κ3) is 6.93. The van der Waals surface area contributed by atoms with Crippen LogP contribution < -0.4 is 49.1 Å². The number of hydrogen-bond acceptors (Lipinski definition) is 12. The molecule has 2 saturated heterocycles. The Bertz CT molecular complexity index is 1810. The van der Waals surface area contributed by atoms with E-state index in [1.54, 1.807) is 24.3 Å². The molecule has 0 radical (unpaired) electrons. The average molecular weight is 678 g/mol. The van der Waals surface area contributed by atoms with E-state index in [2.05, 4.69) is 15.2 Å². The molecule has 3 aliphatic rings. The Balaban J connectivity index is 0.00000386. The van der Waals surface area contributed by atoms with Gasteiger partial charge in [-0.1, -0.05) is 0 Å². The van der Waals surface area contributed by atoms with Crippen molar-refractivity contribution in [3.63, 3.8) is 0 Å². The molecule has 1 N–H and O–H groups in total. The first-order chi connectivity index (χ1) is 22.4. The van der Waals surface area contributed by atoms with E-state index in [-0.39, 0.29) is 58.0 Å². The van der Waals surface area contributed by atoms with Crippen LogP contribution in [0.25, 0.3) is 15.7 Å². The second-order valence-electron chi connectivity index (χ2n) is 11.4. The van der Waals surface area contributed by atoms with Gasteiger partial charge in [0.25, 0.3) is 0 Å². The molecule has 14 nitrogen and oxygen atoms in total. The second kappa shape index (κ2) is 14.2. The van der Waals surface area contributed by atoms with Crippen LogP contribution in [0.4, 0.5) is 17.3 Å². The summed E-state index contributed by atoms with van der Waals surface area (Å²) in [6, 6.07) is 8.53. The molecule has 2 aromatic heterocycles. The summed E-state index contributed by atoms with van der Waals surface area (Å²) < 4.78 is 73.1. The van der Waals surface area contributed by atoms with E-state index >= 15 is 0 Å². The molecule has 3 fully saturated rings. The van der Waals surface area contributed by atoms with Gasteiger partial charge in [-0.05, 0) is 61.7 Å². The summed E-state index contributed by atoms with van der Waals surface area (Å²) in [4.78, 5) is -0.247. The zero-order chi connectivity index (χ0) is 31.8. The predicted octanol–water partition coefficient (Wildman–Crippen LogP) is 2.86. The molecule has 246 valence electrons. The van der Waals surface area contributed by atoms with E-state index in [0.717, 1.165) is 44.4 Å². The van der Waals surface area contributed by atoms with Crippen LogP contribution in [0.1, 0.15) is 61.6 Å². The van der Waals surface area contributed by atoms with Crippen molar-refractivity contribution in [1.29, 1.82) is 0 Å². The maximum absolute atomic E-state index is 13.7. The Labute approximate surface area is 294 Å². The largest absolute Gasteiger partial charge is 1.00 e. The molecule has 1 aliphatic carbocycles. The van der Waals surface area contributed by atoms with Gasteiger partial charge in [0.15, 0.2) is 16.9 Å². The van der Waals surface area contributed by atoms with Crippen LogP contribution >= 0.6 is 0 Å². The van der Waals surface area contributed by atoms with E-state index in [4.69, 9.17) is 38.0 Å². The van der Waals surface area contributed by atoms with Crippen LogP contribution in [0.3, 0.4) is 0 Å². The number of sulfonamides is 1. The molecule has 7 rings (SSSR count). The van der Waals surface area contributed by atoms with E-state index in [1.165, 1.54) is 21.3 Å². The minimum atomic E-state index is -4.40. The Morgan fingerprint density at radius 2 is 1.68 bits per heavy atom. The monoisotopic (exact) mass is 677 g/mol. The second-order valence-corrected chi connectivity index (χ2v) is 13.0. The average Bonchev–Trinajstić information content (AvgIpc) is 3.75. The number of aromatic nitrogens is 3. The van der Waals surface area contributed by atoms with Crippen molar-refractivity contribution in [3.8, 4) is 17.2 Å². The number of benzene rings is 2. The minimum absolute atomic E-state index is 0. The van der Waals surface area contributed by atoms with Gasteiger partial charge in [-0.25, -0.2) is 13.1 Å². The normalized spacial score (nSPS) is 20.0. The van der Waals surface area contributed by atoms with Crippen LogP contribution in [0.15, 0.2) is 39.8 Å². The maximum Gasteiger partial charge on any atom is 1.00 e. The van der Waals surface area contributed by atoms with E-state index in [1.807, 2.05) is 10.7 Å². The summed E-state index contributed by atoms with van der Waals surface area (Å²) in [5.74, 6) is 1.50. The molecule has 1 unspecified atom stereocenters. The number of anilines is 2. The molecule has 0 spiro atoms. The van der Waals surface area contributed by atoms with E-state index in [9.17, 15) is 8.42 Å². The topological polar surface area (TPSA) is 160 Å². The van der Waals surface area contributed by atoms with Gasteiger partial charge in [0.1, 0.15) is 28.9 Å². The van der Waals surface area contributed by atoms with Crippen molar-refractivity contribution < 1.29 is 70.9 Å². The van der Waals surface area contributed by atoms with E-state index in [0.29, 0.717) is 59.5 Å². The number of methoxy groups -OCH3 is 3. The van der Waals surface area contributed by atoms with Gasteiger partial charge in [0.05, 0.1) is 46.8 Å². The standard InChI is InChI=1S/C31H36N5O9S.Na/c1-39-24-14-20-23(15-21(24)32-28-16-22(18-7-8-18)36(33-28)29-6-4-5-9-44-29)45-34-31(20)35-46(37,38)30-25(40-2)12-19(13-26(30)41-3)27-17-42-10-11-43-27;/h12-16,18,27,29H,4-11,17H2,1-3H3,(H-,32,33,34,35);/q-1;+1/t27-,29?;/m0./s1. The van der Waals surface area contributed by atoms with Gasteiger partial charge < -0.3 is 43.0 Å². The SMILES string of the molecule is COc1cc2c([N-]S(=O)(=O)c3c(OC)cc([C@@H]4COCCO4)cc3OC)noc2cc1Nc1cc(C2CC2)n(C2CCCCO2)n1.[Na+]. The summed E-state index contributed by atoms with van der Waals surface area (Å²) in [6.45, 7) is 1.97. The van der Waals surface area contributed by atoms with Crippen molar-refractivity contribution in [1.82, 2.24) is 14.9 Å². The fourth-order valence-electron chi connectivity index (χ4n) is 5.90. The molecule has 0 amide bonds. The summed E-state index contributed by atoms with van der Waals surface area (Å²) in [7, 11) is -0.129. The smallest absolute Gasteiger partial charge is 0.495 e. The van der Waals surface area contributed by atoms with Crippen molar-refractivity contribution in [3.05, 3.63) is 46.3 Å². The number of fused-ring (bicyclic) bond motifs is 1. The number of rotatable bonds is 11. The van der Waals surface area contributed by atoms with Crippen LogP contribution in [0.5, 0.6) is 17.2 Å². The first-order valence-electron chi connectivity index (χ1n) is 15.3. The summed E-state index contributed by atoms with van der Waals surface area (Å²) >= 11 is 0. The predicted molar refractivity (Wildman–Crippen MR) is 166 cm³/mol. The third-order valence-electron chi connectivity index (χ3n) is 8.36. The fourth-order valence-corrected chi connectivity index (χ4v) is 7.15. The Kier molecular flexibility index (Phi) is 10.2. The Morgan fingerprint density at radius 3 is 2.32 bits per heavy atom. The third-order valence-corrected chi connectivity index (χ3v) is 9.69. The van der Waals surface area contributed by atoms with Crippen LogP contribution in [0, 0.1) is 0 Å². The number of nitrogens with one attached hydrogen (secondary N) is 1. The molecular formula is C31H36N5NaO9S. The van der Waals surface area contributed by atoms with Crippen molar-refractivity contribution >= 4 is 38.3 Å². The van der Waals surface area contributed by atoms with Crippen molar-refractivity contribution in [2.75, 3.05) is 53.1 Å². The van der Waals surface area contributed by atoms with Gasteiger partial charge in [0, 0.05) is 35.7 Å². The molecule has 2 aromatic carbocycles. The summed E-state index contributed by atoms with van der Waals surface area (Å²) in [5, 5.41) is 12.5. The van der Waals surface area contributed by atoms with Crippen molar-refractivity contribution in [2.45, 2.75) is 55.2 Å². The number of nitrogens with zero attached hydrogens (tertiary/aromatic N) is 4. The Hall–Kier alpha value is -3.05. The Morgan fingerprint density at radius 1 is 0.915 bits per heavy atom. The van der Waals surface area contributed by atoms with Crippen LogP contribution in [-0.2, 0) is 24.2 Å². The van der Waals surface area contributed by atoms with Gasteiger partial charge in [-0.15, -0.1) is 0 Å². The quantitative estimate of drug-likeness (QED) is 0.232. The van der Waals surface area contributed by atoms with E-state index < -0.39 is 16.1 Å². The fraction of sp³-hybridized carbons (Fsp3) is 0.484. The molecular weight excluding hydrogens is 641 g/mol. The maximum atomic E-state index is 13.7. The zero-order valence-electron chi connectivity index (χ0n) is 26.9. The summed E-state index contributed by atoms with van der Waals surface area (Å²) in [6.07, 6.45) is 4.88.